The zero-order chi connectivity index (χ0) is 15.1. The Hall–Kier alpha value is -1.69. The first-order valence-corrected chi connectivity index (χ1v) is 6.68. The number of rotatable bonds is 7. The molecule has 1 aromatic carbocycles. The van der Waals surface area contributed by atoms with Crippen molar-refractivity contribution in [1.29, 1.82) is 0 Å². The summed E-state index contributed by atoms with van der Waals surface area (Å²) in [5, 5.41) is 3.34. The minimum atomic E-state index is 0. The van der Waals surface area contributed by atoms with Crippen LogP contribution in [0.5, 0.6) is 17.2 Å². The number of pyridine rings is 1. The van der Waals surface area contributed by atoms with Gasteiger partial charge in [0.15, 0.2) is 11.5 Å². The second-order valence-electron chi connectivity index (χ2n) is 4.44. The van der Waals surface area contributed by atoms with Crippen molar-refractivity contribution >= 4 is 24.8 Å². The van der Waals surface area contributed by atoms with Crippen LogP contribution in [0.1, 0.15) is 11.3 Å². The normalized spacial score (nSPS) is 9.35. The van der Waals surface area contributed by atoms with Crippen molar-refractivity contribution in [3.8, 4) is 17.2 Å². The molecule has 0 amide bonds. The summed E-state index contributed by atoms with van der Waals surface area (Å²) < 4.78 is 16.0. The summed E-state index contributed by atoms with van der Waals surface area (Å²) in [6.07, 6.45) is 1.79. The van der Waals surface area contributed by atoms with Gasteiger partial charge in [-0.3, -0.25) is 4.98 Å². The highest BCUT2D eigenvalue weighted by molar-refractivity contribution is 5.85. The molecule has 0 aliphatic carbocycles. The molecule has 0 unspecified atom stereocenters. The molecule has 0 saturated heterocycles. The highest BCUT2D eigenvalue weighted by atomic mass is 35.5. The van der Waals surface area contributed by atoms with E-state index in [4.69, 9.17) is 14.2 Å². The van der Waals surface area contributed by atoms with Crippen LogP contribution in [0.25, 0.3) is 0 Å². The molecule has 0 fully saturated rings. The number of nitrogens with zero attached hydrogens (tertiary/aromatic N) is 1. The number of hydrogen-bond donors (Lipinski definition) is 1. The molecule has 128 valence electrons. The Balaban J connectivity index is 0.00000242. The molecular weight excluding hydrogens is 339 g/mol. The minimum Gasteiger partial charge on any atom is -0.496 e. The third kappa shape index (κ3) is 5.78. The molecule has 23 heavy (non-hydrogen) atoms. The Kier molecular flexibility index (Phi) is 10.1. The predicted molar refractivity (Wildman–Crippen MR) is 95.4 cm³/mol. The lowest BCUT2D eigenvalue weighted by atomic mass is 10.1. The zero-order valence-electron chi connectivity index (χ0n) is 13.4. The summed E-state index contributed by atoms with van der Waals surface area (Å²) in [4.78, 5) is 4.28. The molecule has 2 aromatic rings. The first kappa shape index (κ1) is 21.3. The van der Waals surface area contributed by atoms with Gasteiger partial charge in [-0.05, 0) is 18.2 Å². The number of halogens is 2. The van der Waals surface area contributed by atoms with Crippen molar-refractivity contribution in [2.75, 3.05) is 21.3 Å². The lowest BCUT2D eigenvalue weighted by Crippen LogP contribution is -2.14. The van der Waals surface area contributed by atoms with E-state index >= 15 is 0 Å². The van der Waals surface area contributed by atoms with Crippen molar-refractivity contribution in [3.63, 3.8) is 0 Å². The molecular formula is C16H22Cl2N2O3. The molecule has 5 nitrogen and oxygen atoms in total. The second kappa shape index (κ2) is 10.9. The second-order valence-corrected chi connectivity index (χ2v) is 4.44. The van der Waals surface area contributed by atoms with Gasteiger partial charge in [-0.1, -0.05) is 6.07 Å². The van der Waals surface area contributed by atoms with E-state index in [0.29, 0.717) is 24.6 Å². The van der Waals surface area contributed by atoms with Crippen LogP contribution in [0.15, 0.2) is 36.5 Å². The molecule has 0 bridgehead atoms. The smallest absolute Gasteiger partial charge is 0.164 e. The summed E-state index contributed by atoms with van der Waals surface area (Å²) in [5.41, 5.74) is 2.00. The minimum absolute atomic E-state index is 0. The Morgan fingerprint density at radius 3 is 2.09 bits per heavy atom. The summed E-state index contributed by atoms with van der Waals surface area (Å²) in [5.74, 6) is 2.11. The summed E-state index contributed by atoms with van der Waals surface area (Å²) >= 11 is 0. The molecule has 0 saturated carbocycles. The van der Waals surface area contributed by atoms with Crippen molar-refractivity contribution < 1.29 is 14.2 Å². The van der Waals surface area contributed by atoms with Gasteiger partial charge in [0.25, 0.3) is 0 Å². The van der Waals surface area contributed by atoms with E-state index in [9.17, 15) is 0 Å². The molecule has 0 aliphatic heterocycles. The van der Waals surface area contributed by atoms with Gasteiger partial charge in [0, 0.05) is 30.9 Å². The third-order valence-electron chi connectivity index (χ3n) is 3.13. The molecule has 0 spiro atoms. The van der Waals surface area contributed by atoms with Crippen molar-refractivity contribution in [2.45, 2.75) is 13.1 Å². The van der Waals surface area contributed by atoms with Gasteiger partial charge in [-0.15, -0.1) is 24.8 Å². The van der Waals surface area contributed by atoms with Gasteiger partial charge in [0.1, 0.15) is 5.75 Å². The Morgan fingerprint density at radius 1 is 0.870 bits per heavy atom. The SMILES string of the molecule is COc1cc(OC)c(OC)cc1CNCc1ccccn1.Cl.Cl. The lowest BCUT2D eigenvalue weighted by molar-refractivity contribution is 0.347. The van der Waals surface area contributed by atoms with Gasteiger partial charge in [0.2, 0.25) is 0 Å². The van der Waals surface area contributed by atoms with Gasteiger partial charge in [0.05, 0.1) is 27.0 Å². The lowest BCUT2D eigenvalue weighted by Gasteiger charge is -2.14. The van der Waals surface area contributed by atoms with E-state index in [1.807, 2.05) is 30.3 Å². The van der Waals surface area contributed by atoms with Crippen LogP contribution in [0.4, 0.5) is 0 Å². The number of aromatic nitrogens is 1. The maximum Gasteiger partial charge on any atom is 0.164 e. The summed E-state index contributed by atoms with van der Waals surface area (Å²) in [7, 11) is 4.87. The summed E-state index contributed by atoms with van der Waals surface area (Å²) in [6, 6.07) is 9.61. The molecule has 1 N–H and O–H groups in total. The predicted octanol–water partition coefficient (Wildman–Crippen LogP) is 3.24. The fourth-order valence-corrected chi connectivity index (χ4v) is 2.06. The molecule has 1 aromatic heterocycles. The Labute approximate surface area is 149 Å². The quantitative estimate of drug-likeness (QED) is 0.821. The number of methoxy groups -OCH3 is 3. The van der Waals surface area contributed by atoms with E-state index < -0.39 is 0 Å². The fraction of sp³-hybridized carbons (Fsp3) is 0.312. The van der Waals surface area contributed by atoms with Crippen LogP contribution < -0.4 is 19.5 Å². The Morgan fingerprint density at radius 2 is 1.52 bits per heavy atom. The average molecular weight is 361 g/mol. The standard InChI is InChI=1S/C16H20N2O3.2ClH/c1-19-14-9-16(21-3)15(20-2)8-12(14)10-17-11-13-6-4-5-7-18-13;;/h4-9,17H,10-11H2,1-3H3;2*1H. The maximum atomic E-state index is 5.40. The number of ether oxygens (including phenoxy) is 3. The largest absolute Gasteiger partial charge is 0.496 e. The van der Waals surface area contributed by atoms with E-state index in [-0.39, 0.29) is 24.8 Å². The van der Waals surface area contributed by atoms with Gasteiger partial charge >= 0.3 is 0 Å². The summed E-state index contributed by atoms with van der Waals surface area (Å²) in [6.45, 7) is 1.35. The van der Waals surface area contributed by atoms with Crippen LogP contribution in [-0.2, 0) is 13.1 Å². The van der Waals surface area contributed by atoms with Crippen molar-refractivity contribution in [3.05, 3.63) is 47.8 Å². The monoisotopic (exact) mass is 360 g/mol. The topological polar surface area (TPSA) is 52.6 Å². The number of nitrogens with one attached hydrogen (secondary N) is 1. The number of benzene rings is 1. The van der Waals surface area contributed by atoms with E-state index in [0.717, 1.165) is 17.0 Å². The molecule has 7 heteroatoms. The highest BCUT2D eigenvalue weighted by Crippen LogP contribution is 2.34. The zero-order valence-corrected chi connectivity index (χ0v) is 15.0. The molecule has 2 rings (SSSR count). The highest BCUT2D eigenvalue weighted by Gasteiger charge is 2.11. The van der Waals surface area contributed by atoms with Gasteiger partial charge in [-0.25, -0.2) is 0 Å². The van der Waals surface area contributed by atoms with Crippen LogP contribution >= 0.6 is 24.8 Å². The molecule has 1 heterocycles. The van der Waals surface area contributed by atoms with Crippen LogP contribution in [0.2, 0.25) is 0 Å². The molecule has 0 radical (unpaired) electrons. The van der Waals surface area contributed by atoms with Crippen LogP contribution in [-0.4, -0.2) is 26.3 Å². The molecule has 0 atom stereocenters. The van der Waals surface area contributed by atoms with Crippen LogP contribution in [0, 0.1) is 0 Å². The average Bonchev–Trinajstić information content (AvgIpc) is 2.55. The van der Waals surface area contributed by atoms with Gasteiger partial charge < -0.3 is 19.5 Å². The van der Waals surface area contributed by atoms with E-state index in [1.54, 1.807) is 27.5 Å². The van der Waals surface area contributed by atoms with Crippen LogP contribution in [0.3, 0.4) is 0 Å². The first-order chi connectivity index (χ1) is 10.3. The van der Waals surface area contributed by atoms with Gasteiger partial charge in [-0.2, -0.15) is 0 Å². The van der Waals surface area contributed by atoms with Crippen molar-refractivity contribution in [1.82, 2.24) is 10.3 Å². The first-order valence-electron chi connectivity index (χ1n) is 6.68. The van der Waals surface area contributed by atoms with E-state index in [1.165, 1.54) is 0 Å². The Bertz CT molecular complexity index is 583. The fourth-order valence-electron chi connectivity index (χ4n) is 2.06. The van der Waals surface area contributed by atoms with Crippen molar-refractivity contribution in [2.24, 2.45) is 0 Å². The van der Waals surface area contributed by atoms with E-state index in [2.05, 4.69) is 10.3 Å². The maximum absolute atomic E-state index is 5.40. The third-order valence-corrected chi connectivity index (χ3v) is 3.13. The number of hydrogen-bond acceptors (Lipinski definition) is 5. The molecule has 0 aliphatic rings.